The molecule has 0 spiro atoms. The van der Waals surface area contributed by atoms with Gasteiger partial charge in [-0.25, -0.2) is 0 Å². The normalized spacial score (nSPS) is 12.4. The quantitative estimate of drug-likeness (QED) is 0.416. The number of aliphatic imine (C=N–C) groups is 1. The molecule has 0 saturated heterocycles. The van der Waals surface area contributed by atoms with Crippen molar-refractivity contribution < 1.29 is 4.74 Å². The fourth-order valence-electron chi connectivity index (χ4n) is 1.46. The van der Waals surface area contributed by atoms with Crippen molar-refractivity contribution in [3.8, 4) is 0 Å². The first-order valence-corrected chi connectivity index (χ1v) is 5.17. The van der Waals surface area contributed by atoms with Crippen molar-refractivity contribution in [2.75, 3.05) is 32.3 Å². The fourth-order valence-corrected chi connectivity index (χ4v) is 1.46. The lowest BCUT2D eigenvalue weighted by Crippen LogP contribution is -2.06. The number of ether oxygens (including phenoxy) is 1. The minimum Gasteiger partial charge on any atom is -0.482 e. The summed E-state index contributed by atoms with van der Waals surface area (Å²) in [4.78, 5) is 3.96. The Morgan fingerprint density at radius 1 is 1.47 bits per heavy atom. The highest BCUT2D eigenvalue weighted by Gasteiger charge is 2.07. The molecule has 0 fully saturated rings. The maximum absolute atomic E-state index is 5.81. The first-order chi connectivity index (χ1) is 8.13. The van der Waals surface area contributed by atoms with E-state index in [0.717, 1.165) is 16.8 Å². The summed E-state index contributed by atoms with van der Waals surface area (Å²) in [5.74, 6) is 0.322. The summed E-state index contributed by atoms with van der Waals surface area (Å²) in [5.41, 5.74) is 14.7. The molecule has 0 radical (unpaired) electrons. The summed E-state index contributed by atoms with van der Waals surface area (Å²) in [5, 5.41) is 3.02. The molecule has 5 N–H and O–H groups in total. The molecule has 0 aromatic heterocycles. The third-order valence-corrected chi connectivity index (χ3v) is 2.38. The van der Waals surface area contributed by atoms with E-state index < -0.39 is 0 Å². The summed E-state index contributed by atoms with van der Waals surface area (Å²) in [7, 11) is 5.01. The predicted octanol–water partition coefficient (Wildman–Crippen LogP) is 1.28. The zero-order chi connectivity index (χ0) is 12.8. The fraction of sp³-hybridized carbons (Fsp3) is 0.250. The van der Waals surface area contributed by atoms with Crippen molar-refractivity contribution in [1.82, 2.24) is 0 Å². The molecule has 0 unspecified atom stereocenters. The SMILES string of the molecule is CN=CC(=C(N)OC)c1ccc(N)c(NC)c1. The first-order valence-electron chi connectivity index (χ1n) is 5.17. The van der Waals surface area contributed by atoms with Crippen molar-refractivity contribution in [2.24, 2.45) is 10.7 Å². The Labute approximate surface area is 101 Å². The molecule has 0 bridgehead atoms. The lowest BCUT2D eigenvalue weighted by Gasteiger charge is -2.10. The van der Waals surface area contributed by atoms with E-state index in [0.29, 0.717) is 11.6 Å². The van der Waals surface area contributed by atoms with Gasteiger partial charge in [0.25, 0.3) is 0 Å². The van der Waals surface area contributed by atoms with Gasteiger partial charge in [0.15, 0.2) is 5.88 Å². The van der Waals surface area contributed by atoms with E-state index in [1.165, 1.54) is 7.11 Å². The van der Waals surface area contributed by atoms with Gasteiger partial charge in [0.1, 0.15) is 0 Å². The molecular formula is C12H18N4O. The molecule has 1 aromatic rings. The van der Waals surface area contributed by atoms with E-state index in [4.69, 9.17) is 16.2 Å². The molecule has 92 valence electrons. The van der Waals surface area contributed by atoms with Crippen LogP contribution in [0.1, 0.15) is 5.56 Å². The maximum Gasteiger partial charge on any atom is 0.193 e. The summed E-state index contributed by atoms with van der Waals surface area (Å²) in [6.45, 7) is 0. The summed E-state index contributed by atoms with van der Waals surface area (Å²) in [6.07, 6.45) is 1.66. The largest absolute Gasteiger partial charge is 0.482 e. The Balaban J connectivity index is 3.30. The van der Waals surface area contributed by atoms with E-state index >= 15 is 0 Å². The van der Waals surface area contributed by atoms with Crippen molar-refractivity contribution in [3.05, 3.63) is 29.6 Å². The molecule has 0 saturated carbocycles. The van der Waals surface area contributed by atoms with Crippen molar-refractivity contribution in [2.45, 2.75) is 0 Å². The molecule has 0 amide bonds. The van der Waals surface area contributed by atoms with Crippen LogP contribution in [0.25, 0.3) is 5.57 Å². The molecule has 0 heterocycles. The minimum absolute atomic E-state index is 0.322. The monoisotopic (exact) mass is 234 g/mol. The van der Waals surface area contributed by atoms with E-state index in [1.54, 1.807) is 13.3 Å². The number of benzene rings is 1. The van der Waals surface area contributed by atoms with Gasteiger partial charge in [-0.05, 0) is 17.7 Å². The van der Waals surface area contributed by atoms with Crippen LogP contribution in [-0.2, 0) is 4.74 Å². The Hall–Kier alpha value is -2.17. The van der Waals surface area contributed by atoms with Gasteiger partial charge in [0, 0.05) is 20.3 Å². The molecule has 1 rings (SSSR count). The standard InChI is InChI=1S/C12H18N4O/c1-15-7-9(12(14)17-3)8-4-5-10(13)11(6-8)16-2/h4-7,16H,13-14H2,1-3H3. The molecule has 5 heteroatoms. The molecule has 5 nitrogen and oxygen atoms in total. The third-order valence-electron chi connectivity index (χ3n) is 2.38. The number of nitrogens with zero attached hydrogens (tertiary/aromatic N) is 1. The highest BCUT2D eigenvalue weighted by molar-refractivity contribution is 6.10. The number of nitrogens with one attached hydrogen (secondary N) is 1. The Morgan fingerprint density at radius 2 is 2.18 bits per heavy atom. The third kappa shape index (κ3) is 2.90. The topological polar surface area (TPSA) is 85.7 Å². The lowest BCUT2D eigenvalue weighted by molar-refractivity contribution is 0.290. The molecule has 0 aliphatic carbocycles. The zero-order valence-electron chi connectivity index (χ0n) is 10.3. The number of anilines is 2. The van der Waals surface area contributed by atoms with Gasteiger partial charge in [0.2, 0.25) is 0 Å². The maximum atomic E-state index is 5.81. The molecule has 0 aliphatic heterocycles. The second-order valence-electron chi connectivity index (χ2n) is 3.42. The van der Waals surface area contributed by atoms with Crippen LogP contribution >= 0.6 is 0 Å². The van der Waals surface area contributed by atoms with E-state index in [2.05, 4.69) is 10.3 Å². The van der Waals surface area contributed by atoms with Gasteiger partial charge in [0.05, 0.1) is 24.1 Å². The molecule has 0 aliphatic rings. The Bertz CT molecular complexity index is 452. The van der Waals surface area contributed by atoms with E-state index in [-0.39, 0.29) is 0 Å². The van der Waals surface area contributed by atoms with Crippen molar-refractivity contribution >= 4 is 23.2 Å². The van der Waals surface area contributed by atoms with Crippen LogP contribution in [0.5, 0.6) is 0 Å². The summed E-state index contributed by atoms with van der Waals surface area (Å²) < 4.78 is 5.04. The average molecular weight is 234 g/mol. The lowest BCUT2D eigenvalue weighted by atomic mass is 10.1. The van der Waals surface area contributed by atoms with E-state index in [1.807, 2.05) is 25.2 Å². The number of nitrogen functional groups attached to an aromatic ring is 1. The molecule has 17 heavy (non-hydrogen) atoms. The number of methoxy groups -OCH3 is 1. The number of allylic oxidation sites excluding steroid dienone is 1. The zero-order valence-corrected chi connectivity index (χ0v) is 10.3. The van der Waals surface area contributed by atoms with Crippen molar-refractivity contribution in [1.29, 1.82) is 0 Å². The average Bonchev–Trinajstić information content (AvgIpc) is 2.36. The highest BCUT2D eigenvalue weighted by Crippen LogP contribution is 2.24. The first kappa shape index (κ1) is 12.9. The smallest absolute Gasteiger partial charge is 0.193 e. The van der Waals surface area contributed by atoms with Crippen molar-refractivity contribution in [3.63, 3.8) is 0 Å². The van der Waals surface area contributed by atoms with Crippen LogP contribution < -0.4 is 16.8 Å². The van der Waals surface area contributed by atoms with Gasteiger partial charge >= 0.3 is 0 Å². The second kappa shape index (κ2) is 5.79. The number of hydrogen-bond donors (Lipinski definition) is 3. The molecular weight excluding hydrogens is 216 g/mol. The number of hydrogen-bond acceptors (Lipinski definition) is 5. The van der Waals surface area contributed by atoms with Crippen LogP contribution in [-0.4, -0.2) is 27.4 Å². The van der Waals surface area contributed by atoms with Gasteiger partial charge in [-0.2, -0.15) is 0 Å². The molecule has 1 aromatic carbocycles. The Morgan fingerprint density at radius 3 is 2.71 bits per heavy atom. The van der Waals surface area contributed by atoms with E-state index in [9.17, 15) is 0 Å². The van der Waals surface area contributed by atoms with Crippen LogP contribution in [0.15, 0.2) is 29.1 Å². The van der Waals surface area contributed by atoms with Crippen LogP contribution in [0.4, 0.5) is 11.4 Å². The second-order valence-corrected chi connectivity index (χ2v) is 3.42. The van der Waals surface area contributed by atoms with Gasteiger partial charge < -0.3 is 21.5 Å². The predicted molar refractivity (Wildman–Crippen MR) is 72.9 cm³/mol. The number of rotatable bonds is 4. The summed E-state index contributed by atoms with van der Waals surface area (Å²) in [6, 6.07) is 5.59. The van der Waals surface area contributed by atoms with Crippen LogP contribution in [0.2, 0.25) is 0 Å². The van der Waals surface area contributed by atoms with Gasteiger partial charge in [-0.3, -0.25) is 4.99 Å². The van der Waals surface area contributed by atoms with Gasteiger partial charge in [-0.1, -0.05) is 6.07 Å². The molecule has 0 atom stereocenters. The minimum atomic E-state index is 0.322. The van der Waals surface area contributed by atoms with Crippen LogP contribution in [0, 0.1) is 0 Å². The van der Waals surface area contributed by atoms with Crippen LogP contribution in [0.3, 0.4) is 0 Å². The summed E-state index contributed by atoms with van der Waals surface area (Å²) >= 11 is 0. The highest BCUT2D eigenvalue weighted by atomic mass is 16.5. The number of nitrogens with two attached hydrogens (primary N) is 2. The van der Waals surface area contributed by atoms with Gasteiger partial charge in [-0.15, -0.1) is 0 Å². The Kier molecular flexibility index (Phi) is 4.39.